The second-order valence-electron chi connectivity index (χ2n) is 7.80. The Balaban J connectivity index is 0. The first-order chi connectivity index (χ1) is 18.1. The van der Waals surface area contributed by atoms with Gasteiger partial charge in [-0.25, -0.2) is 15.0 Å². The van der Waals surface area contributed by atoms with E-state index in [4.69, 9.17) is 33.7 Å². The summed E-state index contributed by atoms with van der Waals surface area (Å²) in [6.07, 6.45) is -11.6. The maximum atomic E-state index is 12.4. The Bertz CT molecular complexity index is 1420. The second kappa shape index (κ2) is 18.8. The molecule has 0 bridgehead atoms. The third-order valence-electron chi connectivity index (χ3n) is 4.92. The number of fused-ring (bicyclic) bond motifs is 1. The van der Waals surface area contributed by atoms with E-state index < -0.39 is 76.3 Å². The van der Waals surface area contributed by atoms with Crippen molar-refractivity contribution in [3.8, 4) is 0 Å². The average molecular weight is 790 g/mol. The molecule has 0 saturated carbocycles. The first-order valence-electron chi connectivity index (χ1n) is 10.2. The molecule has 2 unspecified atom stereocenters. The number of aromatic nitrogens is 4. The fraction of sp³-hybridized carbons (Fsp3) is 0.643. The standard InChI is InChI=1S/C14H19Cl2F3N5O12P3S.4Na/c15-14(16,37(27,28)29)38(30,31)36-39(32,33)34-3-5-7(25)8(26)11(35-5)24-4-21-6-9(20)22-12(23-10(6)24)40-2-1-13(17,18)19;;;;/h4-5,7-8,11,25-26H,1-3H2,(H,30,31)(H,32,33)(H2,20,22,23)(H2,27,28,29);;;;/q;4*+1/p-4/t5-,7-,8-,11-;;;;/m1..../s1. The van der Waals surface area contributed by atoms with Gasteiger partial charge in [-0.2, -0.15) is 13.2 Å². The summed E-state index contributed by atoms with van der Waals surface area (Å²) in [6.45, 7) is -1.23. The van der Waals surface area contributed by atoms with Crippen molar-refractivity contribution in [2.45, 2.75) is 46.1 Å². The van der Waals surface area contributed by atoms with Gasteiger partial charge in [0.1, 0.15) is 23.8 Å². The van der Waals surface area contributed by atoms with Crippen LogP contribution in [-0.4, -0.2) is 70.4 Å². The van der Waals surface area contributed by atoms with Gasteiger partial charge in [0.05, 0.1) is 19.4 Å². The third kappa shape index (κ3) is 12.3. The number of nitrogens with zero attached hydrogens (tertiary/aromatic N) is 4. The third-order valence-corrected chi connectivity index (χ3v) is 13.2. The summed E-state index contributed by atoms with van der Waals surface area (Å²) in [7, 11) is -18.8. The Morgan fingerprint density at radius 2 is 1.64 bits per heavy atom. The Labute approximate surface area is 348 Å². The van der Waals surface area contributed by atoms with Gasteiger partial charge in [0.15, 0.2) is 30.4 Å². The molecular formula is C14H15Cl2F3N5Na4O12P3S. The zero-order valence-electron chi connectivity index (χ0n) is 23.0. The quantitative estimate of drug-likeness (QED) is 0.0626. The van der Waals surface area contributed by atoms with Gasteiger partial charge in [-0.1, -0.05) is 35.0 Å². The molecule has 2 aromatic heterocycles. The van der Waals surface area contributed by atoms with Gasteiger partial charge in [-0.3, -0.25) is 13.4 Å². The SMILES string of the molecule is Nc1nc(SCCC(F)(F)F)nc2c1ncn2[C@@H]1O[C@H](COP(=O)([O-])OP(=O)([O-])C(Cl)(Cl)P(=O)([O-])[O-])[C@@H](O)[C@H]1O.[Na+].[Na+].[Na+].[Na+]. The van der Waals surface area contributed by atoms with Crippen LogP contribution in [0.15, 0.2) is 11.5 Å². The molecule has 0 aromatic carbocycles. The Hall–Kier alpha value is 3.40. The first-order valence-corrected chi connectivity index (χ1v) is 16.4. The maximum absolute atomic E-state index is 12.4. The number of nitrogen functional groups attached to an aromatic ring is 1. The molecule has 228 valence electrons. The molecule has 0 aliphatic carbocycles. The molecule has 1 saturated heterocycles. The summed E-state index contributed by atoms with van der Waals surface area (Å²) in [4.78, 5) is 57.5. The number of phosphoric ester groups is 1. The van der Waals surface area contributed by atoms with Crippen molar-refractivity contribution in [1.29, 1.82) is 0 Å². The van der Waals surface area contributed by atoms with E-state index in [1.54, 1.807) is 0 Å². The minimum absolute atomic E-state index is 0. The number of hydrogen-bond acceptors (Lipinski definition) is 17. The molecule has 44 heavy (non-hydrogen) atoms. The van der Waals surface area contributed by atoms with E-state index in [-0.39, 0.29) is 140 Å². The summed E-state index contributed by atoms with van der Waals surface area (Å²) >= 11 is 10.5. The Kier molecular flexibility index (Phi) is 21.1. The van der Waals surface area contributed by atoms with Crippen LogP contribution >= 0.6 is 58.0 Å². The number of rotatable bonds is 11. The van der Waals surface area contributed by atoms with Crippen LogP contribution in [-0.2, 0) is 27.3 Å². The predicted octanol–water partition coefficient (Wildman–Crippen LogP) is -12.9. The molecular weight excluding hydrogens is 775 g/mol. The molecule has 0 amide bonds. The predicted molar refractivity (Wildman–Crippen MR) is 121 cm³/mol. The second-order valence-corrected chi connectivity index (χ2v) is 16.7. The van der Waals surface area contributed by atoms with Crippen LogP contribution in [0, 0.1) is 0 Å². The van der Waals surface area contributed by atoms with Gasteiger partial charge in [-0.05, 0) is 7.60 Å². The summed E-state index contributed by atoms with van der Waals surface area (Å²) in [5.41, 5.74) is 5.57. The molecule has 0 radical (unpaired) electrons. The van der Waals surface area contributed by atoms with E-state index in [0.717, 1.165) is 10.9 Å². The van der Waals surface area contributed by atoms with E-state index in [1.165, 1.54) is 0 Å². The van der Waals surface area contributed by atoms with Crippen molar-refractivity contribution in [3.05, 3.63) is 6.33 Å². The summed E-state index contributed by atoms with van der Waals surface area (Å²) in [5.74, 6) is -0.694. The van der Waals surface area contributed by atoms with E-state index in [0.29, 0.717) is 11.8 Å². The number of anilines is 1. The van der Waals surface area contributed by atoms with Crippen molar-refractivity contribution < 1.29 is 188 Å². The molecule has 6 atom stereocenters. The molecule has 1 aliphatic heterocycles. The van der Waals surface area contributed by atoms with Gasteiger partial charge in [0, 0.05) is 5.75 Å². The molecule has 0 spiro atoms. The number of imidazole rings is 1. The minimum atomic E-state index is -6.40. The van der Waals surface area contributed by atoms with E-state index in [9.17, 15) is 56.7 Å². The zero-order valence-corrected chi connectivity index (χ0v) is 36.0. The number of aliphatic hydroxyl groups is 2. The maximum Gasteiger partial charge on any atom is 1.00 e. The fourth-order valence-electron chi connectivity index (χ4n) is 3.04. The van der Waals surface area contributed by atoms with Crippen LogP contribution in [0.25, 0.3) is 11.2 Å². The van der Waals surface area contributed by atoms with Crippen LogP contribution < -0.4 is 144 Å². The zero-order chi connectivity index (χ0) is 30.5. The molecule has 1 aliphatic rings. The number of ether oxygens (including phenoxy) is 1. The largest absolute Gasteiger partial charge is 1.00 e. The first kappa shape index (κ1) is 49.5. The summed E-state index contributed by atoms with van der Waals surface area (Å²) in [6, 6.07) is 0. The van der Waals surface area contributed by atoms with Crippen molar-refractivity contribution in [2.24, 2.45) is 0 Å². The minimum Gasteiger partial charge on any atom is -0.808 e. The Morgan fingerprint density at radius 3 is 2.16 bits per heavy atom. The van der Waals surface area contributed by atoms with Crippen LogP contribution in [0.4, 0.5) is 19.0 Å². The van der Waals surface area contributed by atoms with Gasteiger partial charge >= 0.3 is 124 Å². The van der Waals surface area contributed by atoms with Gasteiger partial charge in [0.2, 0.25) is 3.82 Å². The van der Waals surface area contributed by atoms with Crippen molar-refractivity contribution in [1.82, 2.24) is 19.5 Å². The monoisotopic (exact) mass is 789 g/mol. The number of aliphatic hydroxyl groups excluding tert-OH is 2. The number of phosphoric acid groups is 1. The number of thioether (sulfide) groups is 1. The molecule has 30 heteroatoms. The van der Waals surface area contributed by atoms with Crippen molar-refractivity contribution in [3.63, 3.8) is 0 Å². The smallest absolute Gasteiger partial charge is 0.808 e. The normalized spacial score (nSPS) is 23.3. The number of nitrogens with two attached hydrogens (primary N) is 1. The fourth-order valence-corrected chi connectivity index (χ4v) is 7.92. The molecule has 4 N–H and O–H groups in total. The summed E-state index contributed by atoms with van der Waals surface area (Å²) < 4.78 is 82.1. The number of halogens is 5. The van der Waals surface area contributed by atoms with Crippen molar-refractivity contribution >= 4 is 75.0 Å². The van der Waals surface area contributed by atoms with E-state index in [2.05, 4.69) is 23.8 Å². The van der Waals surface area contributed by atoms with E-state index >= 15 is 0 Å². The Morgan fingerprint density at radius 1 is 1.07 bits per heavy atom. The van der Waals surface area contributed by atoms with E-state index in [1.807, 2.05) is 0 Å². The van der Waals surface area contributed by atoms with Crippen LogP contribution in [0.2, 0.25) is 0 Å². The molecule has 17 nitrogen and oxygen atoms in total. The average Bonchev–Trinajstić information content (AvgIpc) is 3.31. The van der Waals surface area contributed by atoms with Crippen LogP contribution in [0.3, 0.4) is 0 Å². The molecule has 1 fully saturated rings. The van der Waals surface area contributed by atoms with Gasteiger partial charge in [-0.15, -0.1) is 0 Å². The van der Waals surface area contributed by atoms with Crippen LogP contribution in [0.5, 0.6) is 0 Å². The summed E-state index contributed by atoms with van der Waals surface area (Å²) in [5, 5.41) is 20.6. The topological polar surface area (TPSA) is 281 Å². The molecule has 3 heterocycles. The number of alkyl halides is 5. The van der Waals surface area contributed by atoms with Gasteiger partial charge < -0.3 is 53.9 Å². The van der Waals surface area contributed by atoms with Gasteiger partial charge in [0.25, 0.3) is 7.82 Å². The molecule has 2 aromatic rings. The number of hydrogen-bond donors (Lipinski definition) is 3. The van der Waals surface area contributed by atoms with Crippen molar-refractivity contribution in [2.75, 3.05) is 18.1 Å². The molecule has 3 rings (SSSR count). The van der Waals surface area contributed by atoms with Crippen LogP contribution in [0.1, 0.15) is 12.6 Å².